The predicted octanol–water partition coefficient (Wildman–Crippen LogP) is 5.23. The largest absolute Gasteiger partial charge is 0.489 e. The van der Waals surface area contributed by atoms with Crippen LogP contribution >= 0.6 is 11.6 Å². The first-order valence-corrected chi connectivity index (χ1v) is 9.92. The van der Waals surface area contributed by atoms with Crippen LogP contribution in [0.15, 0.2) is 54.1 Å². The van der Waals surface area contributed by atoms with Crippen molar-refractivity contribution in [2.24, 2.45) is 0 Å². The van der Waals surface area contributed by atoms with E-state index < -0.39 is 0 Å². The monoisotopic (exact) mass is 394 g/mol. The Morgan fingerprint density at radius 2 is 1.68 bits per heavy atom. The van der Waals surface area contributed by atoms with Gasteiger partial charge in [0.05, 0.1) is 0 Å². The molecule has 0 bridgehead atoms. The summed E-state index contributed by atoms with van der Waals surface area (Å²) in [5.41, 5.74) is 2.01. The van der Waals surface area contributed by atoms with E-state index in [2.05, 4.69) is 6.07 Å². The number of ether oxygens (including phenoxy) is 1. The van der Waals surface area contributed by atoms with Crippen molar-refractivity contribution in [2.45, 2.75) is 32.3 Å². The van der Waals surface area contributed by atoms with Gasteiger partial charge in [0.1, 0.15) is 24.0 Å². The highest BCUT2D eigenvalue weighted by atomic mass is 35.5. The molecule has 0 aromatic heterocycles. The van der Waals surface area contributed by atoms with Gasteiger partial charge in [0.15, 0.2) is 0 Å². The number of nitrogens with zero attached hydrogens (tertiary/aromatic N) is 2. The normalized spacial score (nSPS) is 14.9. The molecule has 2 aromatic rings. The van der Waals surface area contributed by atoms with Gasteiger partial charge < -0.3 is 9.64 Å². The number of rotatable bonds is 5. The van der Waals surface area contributed by atoms with Crippen molar-refractivity contribution in [1.82, 2.24) is 4.90 Å². The average Bonchev–Trinajstić information content (AvgIpc) is 3.01. The van der Waals surface area contributed by atoms with Gasteiger partial charge in [-0.05, 0) is 54.3 Å². The molecule has 1 amide bonds. The molecule has 28 heavy (non-hydrogen) atoms. The molecule has 0 saturated carbocycles. The Hall–Kier alpha value is -2.77. The lowest BCUT2D eigenvalue weighted by molar-refractivity contribution is -0.126. The van der Waals surface area contributed by atoms with E-state index >= 15 is 0 Å². The van der Waals surface area contributed by atoms with E-state index in [-0.39, 0.29) is 11.5 Å². The molecule has 1 aliphatic heterocycles. The highest BCUT2D eigenvalue weighted by Crippen LogP contribution is 2.18. The summed E-state index contributed by atoms with van der Waals surface area (Å²) >= 11 is 5.88. The fourth-order valence-corrected chi connectivity index (χ4v) is 3.29. The lowest BCUT2D eigenvalue weighted by atomic mass is 10.1. The number of nitriles is 1. The minimum absolute atomic E-state index is 0.174. The zero-order valence-corrected chi connectivity index (χ0v) is 16.5. The second-order valence-corrected chi connectivity index (χ2v) is 7.30. The van der Waals surface area contributed by atoms with Gasteiger partial charge in [-0.15, -0.1) is 0 Å². The molecule has 144 valence electrons. The highest BCUT2D eigenvalue weighted by molar-refractivity contribution is 6.30. The van der Waals surface area contributed by atoms with Gasteiger partial charge in [-0.1, -0.05) is 48.7 Å². The summed E-state index contributed by atoms with van der Waals surface area (Å²) in [6.45, 7) is 1.91. The number of likely N-dealkylation sites (tertiary alicyclic amines) is 1. The van der Waals surface area contributed by atoms with Crippen molar-refractivity contribution >= 4 is 23.6 Å². The molecule has 0 N–H and O–H groups in total. The number of carbonyl (C=O) groups excluding carboxylic acids is 1. The number of hydrogen-bond donors (Lipinski definition) is 0. The minimum atomic E-state index is -0.174. The maximum absolute atomic E-state index is 12.6. The third-order valence-electron chi connectivity index (χ3n) is 4.75. The average molecular weight is 395 g/mol. The van der Waals surface area contributed by atoms with Crippen molar-refractivity contribution in [3.8, 4) is 11.8 Å². The standard InChI is InChI=1S/C23H23ClN2O2/c24-21-9-5-19(6-10-21)17-28-22-11-7-18(8-12-22)15-20(16-25)23(27)26-13-3-1-2-4-14-26/h5-12,15H,1-4,13-14,17H2/b20-15+. The molecular formula is C23H23ClN2O2. The van der Waals surface area contributed by atoms with Gasteiger partial charge >= 0.3 is 0 Å². The summed E-state index contributed by atoms with van der Waals surface area (Å²) in [6.07, 6.45) is 5.95. The quantitative estimate of drug-likeness (QED) is 0.515. The smallest absolute Gasteiger partial charge is 0.264 e. The van der Waals surface area contributed by atoms with Crippen LogP contribution in [0.4, 0.5) is 0 Å². The molecule has 0 aliphatic carbocycles. The Bertz CT molecular complexity index is 859. The second-order valence-electron chi connectivity index (χ2n) is 6.86. The Labute approximate surface area is 171 Å². The van der Waals surface area contributed by atoms with Crippen LogP contribution in [0, 0.1) is 11.3 Å². The summed E-state index contributed by atoms with van der Waals surface area (Å²) in [5.74, 6) is 0.553. The van der Waals surface area contributed by atoms with Crippen LogP contribution in [0.3, 0.4) is 0 Å². The summed E-state index contributed by atoms with van der Waals surface area (Å²) in [6, 6.07) is 17.0. The molecule has 0 radical (unpaired) electrons. The van der Waals surface area contributed by atoms with Crippen LogP contribution < -0.4 is 4.74 Å². The van der Waals surface area contributed by atoms with Gasteiger partial charge in [-0.25, -0.2) is 0 Å². The lowest BCUT2D eigenvalue weighted by Crippen LogP contribution is -2.32. The van der Waals surface area contributed by atoms with E-state index in [0.717, 1.165) is 55.6 Å². The van der Waals surface area contributed by atoms with Gasteiger partial charge in [-0.2, -0.15) is 5.26 Å². The van der Waals surface area contributed by atoms with Crippen LogP contribution in [0.2, 0.25) is 5.02 Å². The number of hydrogen-bond acceptors (Lipinski definition) is 3. The number of carbonyl (C=O) groups is 1. The fourth-order valence-electron chi connectivity index (χ4n) is 3.16. The maximum atomic E-state index is 12.6. The molecule has 1 heterocycles. The van der Waals surface area contributed by atoms with Crippen LogP contribution in [-0.4, -0.2) is 23.9 Å². The molecule has 1 saturated heterocycles. The van der Waals surface area contributed by atoms with Crippen LogP contribution in [0.5, 0.6) is 5.75 Å². The first kappa shape index (κ1) is 20.0. The number of halogens is 1. The molecule has 2 aromatic carbocycles. The first-order valence-electron chi connectivity index (χ1n) is 9.54. The number of benzene rings is 2. The SMILES string of the molecule is N#C/C(=C\c1ccc(OCc2ccc(Cl)cc2)cc1)C(=O)N1CCCCCC1. The van der Waals surface area contributed by atoms with E-state index in [0.29, 0.717) is 11.6 Å². The van der Waals surface area contributed by atoms with Crippen molar-refractivity contribution in [1.29, 1.82) is 5.26 Å². The van der Waals surface area contributed by atoms with Crippen molar-refractivity contribution in [2.75, 3.05) is 13.1 Å². The lowest BCUT2D eigenvalue weighted by Gasteiger charge is -2.19. The van der Waals surface area contributed by atoms with Crippen molar-refractivity contribution in [3.05, 3.63) is 70.3 Å². The molecule has 3 rings (SSSR count). The van der Waals surface area contributed by atoms with E-state index in [9.17, 15) is 10.1 Å². The van der Waals surface area contributed by atoms with E-state index in [1.807, 2.05) is 48.5 Å². The summed E-state index contributed by atoms with van der Waals surface area (Å²) in [4.78, 5) is 14.4. The van der Waals surface area contributed by atoms with Gasteiger partial charge in [0.2, 0.25) is 0 Å². The first-order chi connectivity index (χ1) is 13.7. The third kappa shape index (κ3) is 5.61. The molecule has 5 heteroatoms. The Morgan fingerprint density at radius 1 is 1.04 bits per heavy atom. The molecule has 4 nitrogen and oxygen atoms in total. The predicted molar refractivity (Wildman–Crippen MR) is 111 cm³/mol. The Morgan fingerprint density at radius 3 is 2.29 bits per heavy atom. The van der Waals surface area contributed by atoms with Gasteiger partial charge in [-0.3, -0.25) is 4.79 Å². The Kier molecular flexibility index (Phi) is 7.11. The molecule has 0 unspecified atom stereocenters. The van der Waals surface area contributed by atoms with Crippen molar-refractivity contribution in [3.63, 3.8) is 0 Å². The van der Waals surface area contributed by atoms with E-state index in [1.165, 1.54) is 0 Å². The van der Waals surface area contributed by atoms with Crippen LogP contribution in [-0.2, 0) is 11.4 Å². The second kappa shape index (κ2) is 9.96. The minimum Gasteiger partial charge on any atom is -0.489 e. The zero-order valence-electron chi connectivity index (χ0n) is 15.7. The Balaban J connectivity index is 1.63. The molecule has 1 aliphatic rings. The number of amides is 1. The summed E-state index contributed by atoms with van der Waals surface area (Å²) in [5, 5.41) is 10.1. The summed E-state index contributed by atoms with van der Waals surface area (Å²) in [7, 11) is 0. The van der Waals surface area contributed by atoms with Crippen LogP contribution in [0.1, 0.15) is 36.8 Å². The van der Waals surface area contributed by atoms with E-state index in [4.69, 9.17) is 16.3 Å². The van der Waals surface area contributed by atoms with Gasteiger partial charge in [0, 0.05) is 18.1 Å². The molecule has 0 atom stereocenters. The molecule has 1 fully saturated rings. The third-order valence-corrected chi connectivity index (χ3v) is 5.01. The fraction of sp³-hybridized carbons (Fsp3) is 0.304. The molecule has 0 spiro atoms. The topological polar surface area (TPSA) is 53.3 Å². The van der Waals surface area contributed by atoms with Gasteiger partial charge in [0.25, 0.3) is 5.91 Å². The highest BCUT2D eigenvalue weighted by Gasteiger charge is 2.19. The van der Waals surface area contributed by atoms with Crippen molar-refractivity contribution < 1.29 is 9.53 Å². The van der Waals surface area contributed by atoms with E-state index in [1.54, 1.807) is 11.0 Å². The van der Waals surface area contributed by atoms with Crippen LogP contribution in [0.25, 0.3) is 6.08 Å². The summed E-state index contributed by atoms with van der Waals surface area (Å²) < 4.78 is 5.77. The maximum Gasteiger partial charge on any atom is 0.264 e. The zero-order chi connectivity index (χ0) is 19.8. The molecular weight excluding hydrogens is 372 g/mol.